The second kappa shape index (κ2) is 13.3. The third kappa shape index (κ3) is 6.37. The zero-order valence-corrected chi connectivity index (χ0v) is 23.1. The Morgan fingerprint density at radius 1 is 0.850 bits per heavy atom. The summed E-state index contributed by atoms with van der Waals surface area (Å²) >= 11 is 0. The van der Waals surface area contributed by atoms with Crippen molar-refractivity contribution in [2.24, 2.45) is 5.73 Å². The number of carbonyl (C=O) groups excluding carboxylic acids is 1. The highest BCUT2D eigenvalue weighted by molar-refractivity contribution is 6.13. The van der Waals surface area contributed by atoms with Crippen LogP contribution in [0, 0.1) is 5.82 Å². The molecule has 1 aromatic heterocycles. The maximum atomic E-state index is 14.7. The van der Waals surface area contributed by atoms with Crippen LogP contribution in [0.3, 0.4) is 0 Å². The molecular weight excluding hydrogens is 515 g/mol. The van der Waals surface area contributed by atoms with Crippen molar-refractivity contribution in [2.45, 2.75) is 44.9 Å². The summed E-state index contributed by atoms with van der Waals surface area (Å²) in [5.74, 6) is 0.745. The Hall–Kier alpha value is -4.11. The predicted molar refractivity (Wildman–Crippen MR) is 155 cm³/mol. The maximum Gasteiger partial charge on any atom is 0.224 e. The minimum Gasteiger partial charge on any atom is -0.496 e. The van der Waals surface area contributed by atoms with E-state index in [1.54, 1.807) is 24.3 Å². The summed E-state index contributed by atoms with van der Waals surface area (Å²) < 4.78 is 37.6. The van der Waals surface area contributed by atoms with Gasteiger partial charge in [-0.25, -0.2) is 4.39 Å². The molecule has 0 bridgehead atoms. The van der Waals surface area contributed by atoms with Crippen molar-refractivity contribution in [1.29, 1.82) is 0 Å². The Morgan fingerprint density at radius 2 is 1.50 bits per heavy atom. The van der Waals surface area contributed by atoms with Crippen molar-refractivity contribution >= 4 is 33.3 Å². The molecule has 0 aliphatic heterocycles. The van der Waals surface area contributed by atoms with Crippen molar-refractivity contribution in [3.8, 4) is 28.6 Å². The lowest BCUT2D eigenvalue weighted by molar-refractivity contribution is -0.116. The van der Waals surface area contributed by atoms with Crippen LogP contribution >= 0.6 is 0 Å². The number of fused-ring (bicyclic) bond motifs is 3. The minimum absolute atomic E-state index is 0.140. The van der Waals surface area contributed by atoms with Crippen LogP contribution in [-0.2, 0) is 4.79 Å². The predicted octanol–water partition coefficient (Wildman–Crippen LogP) is 6.41. The van der Waals surface area contributed by atoms with Crippen molar-refractivity contribution in [3.63, 3.8) is 0 Å². The molecule has 4 rings (SSSR count). The minimum atomic E-state index is -0.575. The molecule has 0 aliphatic rings. The smallest absolute Gasteiger partial charge is 0.224 e. The van der Waals surface area contributed by atoms with Gasteiger partial charge < -0.3 is 29.7 Å². The zero-order valence-electron chi connectivity index (χ0n) is 23.1. The number of rotatable bonds is 13. The molecule has 4 aromatic rings. The number of anilines is 1. The normalized spacial score (nSPS) is 11.1. The van der Waals surface area contributed by atoms with Crippen LogP contribution in [0.25, 0.3) is 33.1 Å². The van der Waals surface area contributed by atoms with Crippen LogP contribution < -0.4 is 30.7 Å². The first kappa shape index (κ1) is 28.9. The van der Waals surface area contributed by atoms with Gasteiger partial charge in [0.25, 0.3) is 0 Å². The molecule has 0 atom stereocenters. The van der Waals surface area contributed by atoms with Gasteiger partial charge in [0.1, 0.15) is 28.8 Å². The lowest BCUT2D eigenvalue weighted by Crippen LogP contribution is -2.11. The Morgan fingerprint density at radius 3 is 2.17 bits per heavy atom. The van der Waals surface area contributed by atoms with E-state index in [0.29, 0.717) is 46.6 Å². The van der Waals surface area contributed by atoms with Crippen LogP contribution in [0.2, 0.25) is 0 Å². The van der Waals surface area contributed by atoms with Crippen molar-refractivity contribution in [1.82, 2.24) is 0 Å². The van der Waals surface area contributed by atoms with E-state index in [9.17, 15) is 14.0 Å². The van der Waals surface area contributed by atoms with Crippen LogP contribution in [0.4, 0.5) is 10.1 Å². The topological polar surface area (TPSA) is 113 Å². The largest absolute Gasteiger partial charge is 0.496 e. The van der Waals surface area contributed by atoms with E-state index in [2.05, 4.69) is 5.32 Å². The van der Waals surface area contributed by atoms with E-state index in [-0.39, 0.29) is 33.8 Å². The van der Waals surface area contributed by atoms with E-state index in [4.69, 9.17) is 24.4 Å². The first-order chi connectivity index (χ1) is 19.4. The molecule has 40 heavy (non-hydrogen) atoms. The Balaban J connectivity index is 1.67. The van der Waals surface area contributed by atoms with Gasteiger partial charge in [0.2, 0.25) is 5.91 Å². The number of methoxy groups -OCH3 is 3. The number of halogens is 1. The highest BCUT2D eigenvalue weighted by atomic mass is 19.1. The van der Waals surface area contributed by atoms with Gasteiger partial charge in [-0.3, -0.25) is 9.59 Å². The molecule has 0 fully saturated rings. The SMILES string of the molecule is COc1ccc(OC)c2c1c(OC)cc1c(=O)cc(-c3cc(F)cc(NC(=O)CCCCCCCCN)c3)oc12. The van der Waals surface area contributed by atoms with Gasteiger partial charge in [-0.15, -0.1) is 0 Å². The summed E-state index contributed by atoms with van der Waals surface area (Å²) in [5, 5.41) is 4.10. The number of carbonyl (C=O) groups is 1. The summed E-state index contributed by atoms with van der Waals surface area (Å²) in [4.78, 5) is 25.8. The summed E-state index contributed by atoms with van der Waals surface area (Å²) in [6.45, 7) is 0.703. The maximum absolute atomic E-state index is 14.7. The second-order valence-electron chi connectivity index (χ2n) is 9.59. The Kier molecular flexibility index (Phi) is 9.60. The van der Waals surface area contributed by atoms with Gasteiger partial charge in [-0.05, 0) is 55.8 Å². The van der Waals surface area contributed by atoms with E-state index in [0.717, 1.165) is 38.5 Å². The van der Waals surface area contributed by atoms with E-state index in [1.807, 2.05) is 0 Å². The molecule has 8 nitrogen and oxygen atoms in total. The van der Waals surface area contributed by atoms with E-state index in [1.165, 1.54) is 39.5 Å². The lowest BCUT2D eigenvalue weighted by Gasteiger charge is -2.15. The first-order valence-corrected chi connectivity index (χ1v) is 13.4. The fraction of sp³-hybridized carbons (Fsp3) is 0.355. The monoisotopic (exact) mass is 550 g/mol. The van der Waals surface area contributed by atoms with Crippen LogP contribution in [0.1, 0.15) is 44.9 Å². The summed E-state index contributed by atoms with van der Waals surface area (Å²) in [7, 11) is 4.54. The highest BCUT2D eigenvalue weighted by Crippen LogP contribution is 2.44. The third-order valence-corrected chi connectivity index (χ3v) is 6.85. The van der Waals surface area contributed by atoms with Gasteiger partial charge in [-0.1, -0.05) is 25.7 Å². The van der Waals surface area contributed by atoms with Crippen LogP contribution in [-0.4, -0.2) is 33.8 Å². The van der Waals surface area contributed by atoms with Crippen molar-refractivity contribution < 1.29 is 27.8 Å². The number of amides is 1. The number of unbranched alkanes of at least 4 members (excludes halogenated alkanes) is 5. The molecule has 212 valence electrons. The number of nitrogens with one attached hydrogen (secondary N) is 1. The van der Waals surface area contributed by atoms with Gasteiger partial charge in [-0.2, -0.15) is 0 Å². The van der Waals surface area contributed by atoms with E-state index < -0.39 is 5.82 Å². The fourth-order valence-corrected chi connectivity index (χ4v) is 4.87. The number of hydrogen-bond acceptors (Lipinski definition) is 7. The molecule has 0 radical (unpaired) electrons. The molecule has 0 aliphatic carbocycles. The molecule has 0 saturated carbocycles. The number of nitrogens with two attached hydrogens (primary N) is 1. The molecule has 3 aromatic carbocycles. The lowest BCUT2D eigenvalue weighted by atomic mass is 10.0. The van der Waals surface area contributed by atoms with Crippen molar-refractivity contribution in [3.05, 3.63) is 58.5 Å². The molecule has 9 heteroatoms. The average Bonchev–Trinajstić information content (AvgIpc) is 2.95. The first-order valence-electron chi connectivity index (χ1n) is 13.4. The Labute approximate surface area is 232 Å². The van der Waals surface area contributed by atoms with E-state index >= 15 is 0 Å². The average molecular weight is 551 g/mol. The molecule has 0 unspecified atom stereocenters. The molecular formula is C31H35FN2O6. The highest BCUT2D eigenvalue weighted by Gasteiger charge is 2.21. The van der Waals surface area contributed by atoms with Gasteiger partial charge in [0.15, 0.2) is 11.0 Å². The second-order valence-corrected chi connectivity index (χ2v) is 9.59. The quantitative estimate of drug-likeness (QED) is 0.146. The molecule has 3 N–H and O–H groups in total. The molecule has 0 spiro atoms. The summed E-state index contributed by atoms with van der Waals surface area (Å²) in [6, 6.07) is 10.4. The van der Waals surface area contributed by atoms with Crippen LogP contribution in [0.5, 0.6) is 17.2 Å². The zero-order chi connectivity index (χ0) is 28.6. The van der Waals surface area contributed by atoms with Gasteiger partial charge in [0.05, 0.1) is 37.5 Å². The molecule has 1 heterocycles. The third-order valence-electron chi connectivity index (χ3n) is 6.85. The Bertz CT molecular complexity index is 1570. The summed E-state index contributed by atoms with van der Waals surface area (Å²) in [5.41, 5.74) is 6.00. The van der Waals surface area contributed by atoms with Gasteiger partial charge in [0, 0.05) is 23.7 Å². The number of ether oxygens (including phenoxy) is 3. The van der Waals surface area contributed by atoms with Crippen molar-refractivity contribution in [2.75, 3.05) is 33.2 Å². The number of hydrogen-bond donors (Lipinski definition) is 2. The van der Waals surface area contributed by atoms with Gasteiger partial charge >= 0.3 is 0 Å². The molecule has 0 saturated heterocycles. The number of benzene rings is 3. The van der Waals surface area contributed by atoms with Crippen LogP contribution in [0.15, 0.2) is 51.7 Å². The standard InChI is InChI=1S/C31H35FN2O6/c1-37-24-11-12-25(38-2)30-29(24)27(39-3)17-22-23(35)18-26(40-31(22)30)19-14-20(32)16-21(15-19)34-28(36)10-8-6-4-5-7-9-13-33/h11-12,14-18H,4-10,13,33H2,1-3H3,(H,34,36). The fourth-order valence-electron chi connectivity index (χ4n) is 4.87. The summed E-state index contributed by atoms with van der Waals surface area (Å²) in [6.07, 6.45) is 6.30. The molecule has 1 amide bonds.